The average Bonchev–Trinajstić information content (AvgIpc) is 2.02. The third-order valence-corrected chi connectivity index (χ3v) is 3.52. The Morgan fingerprint density at radius 2 is 1.79 bits per heavy atom. The molecule has 0 spiro atoms. The van der Waals surface area contributed by atoms with Crippen molar-refractivity contribution in [2.45, 2.75) is 42.2 Å². The lowest BCUT2D eigenvalue weighted by atomic mass is 10.3. The fourth-order valence-electron chi connectivity index (χ4n) is 1.15. The van der Waals surface area contributed by atoms with Crippen LogP contribution in [-0.4, -0.2) is 10.5 Å². The Bertz CT molecular complexity index is 287. The summed E-state index contributed by atoms with van der Waals surface area (Å²) in [6.45, 7) is 8.93. The Hall–Kier alpha value is -0.0800. The first-order chi connectivity index (χ1) is 6.51. The molecule has 0 bridgehead atoms. The van der Waals surface area contributed by atoms with E-state index in [2.05, 4.69) is 52.0 Å². The van der Waals surface area contributed by atoms with Gasteiger partial charge in [0.25, 0.3) is 0 Å². The molecule has 0 aliphatic carbocycles. The molecule has 0 N–H and O–H groups in total. The molecule has 0 heterocycles. The molecule has 0 atom stereocenters. The molecule has 0 saturated carbocycles. The molecule has 0 nitrogen and oxygen atoms in total. The van der Waals surface area contributed by atoms with E-state index in [-0.39, 0.29) is 0 Å². The lowest BCUT2D eigenvalue weighted by Crippen LogP contribution is -2.06. The monoisotopic (exact) mass is 226 g/mol. The van der Waals surface area contributed by atoms with E-state index in [1.165, 1.54) is 9.79 Å². The maximum atomic E-state index is 2.28. The van der Waals surface area contributed by atoms with Gasteiger partial charge in [-0.05, 0) is 24.0 Å². The first kappa shape index (κ1) is 12.0. The van der Waals surface area contributed by atoms with Crippen LogP contribution in [0.1, 0.15) is 27.7 Å². The average molecular weight is 226 g/mol. The van der Waals surface area contributed by atoms with Crippen LogP contribution in [0.3, 0.4) is 0 Å². The summed E-state index contributed by atoms with van der Waals surface area (Å²) in [6.07, 6.45) is 0. The van der Waals surface area contributed by atoms with Gasteiger partial charge in [0, 0.05) is 14.5 Å². The van der Waals surface area contributed by atoms with Crippen LogP contribution < -0.4 is 0 Å². The van der Waals surface area contributed by atoms with Crippen molar-refractivity contribution in [1.82, 2.24) is 0 Å². The van der Waals surface area contributed by atoms with Gasteiger partial charge < -0.3 is 0 Å². The lowest BCUT2D eigenvalue weighted by molar-refractivity contribution is 0.802. The van der Waals surface area contributed by atoms with Gasteiger partial charge in [-0.25, -0.2) is 0 Å². The van der Waals surface area contributed by atoms with Crippen LogP contribution in [0.25, 0.3) is 0 Å². The highest BCUT2D eigenvalue weighted by Crippen LogP contribution is 2.33. The summed E-state index contributed by atoms with van der Waals surface area (Å²) in [4.78, 5) is 2.75. The summed E-state index contributed by atoms with van der Waals surface area (Å²) in [7, 11) is 0. The number of benzene rings is 1. The van der Waals surface area contributed by atoms with Crippen molar-refractivity contribution in [3.63, 3.8) is 0 Å². The molecular formula is C12H18S2. The highest BCUT2D eigenvalue weighted by Gasteiger charge is 2.11. The largest absolute Gasteiger partial charge is 0.126 e. The van der Waals surface area contributed by atoms with Crippen molar-refractivity contribution in [3.05, 3.63) is 24.3 Å². The van der Waals surface area contributed by atoms with Gasteiger partial charge in [0.15, 0.2) is 0 Å². The van der Waals surface area contributed by atoms with Gasteiger partial charge in [-0.1, -0.05) is 33.8 Å². The highest BCUT2D eigenvalue weighted by molar-refractivity contribution is 8.01. The molecule has 0 fully saturated rings. The second-order valence-corrected chi connectivity index (χ2v) is 7.36. The number of rotatable bonds is 3. The van der Waals surface area contributed by atoms with Crippen molar-refractivity contribution in [1.29, 1.82) is 0 Å². The van der Waals surface area contributed by atoms with E-state index < -0.39 is 0 Å². The van der Waals surface area contributed by atoms with Gasteiger partial charge >= 0.3 is 0 Å². The zero-order valence-electron chi connectivity index (χ0n) is 9.33. The van der Waals surface area contributed by atoms with Gasteiger partial charge in [-0.3, -0.25) is 0 Å². The first-order valence-electron chi connectivity index (χ1n) is 4.93. The van der Waals surface area contributed by atoms with E-state index in [1.807, 2.05) is 23.5 Å². The van der Waals surface area contributed by atoms with E-state index in [9.17, 15) is 0 Å². The van der Waals surface area contributed by atoms with E-state index >= 15 is 0 Å². The molecule has 0 aliphatic heterocycles. The molecule has 0 unspecified atom stereocenters. The van der Waals surface area contributed by atoms with Gasteiger partial charge in [0.1, 0.15) is 0 Å². The minimum absolute atomic E-state index is 0.301. The van der Waals surface area contributed by atoms with Crippen LogP contribution in [0, 0.1) is 0 Å². The van der Waals surface area contributed by atoms with Crippen LogP contribution in [-0.2, 0) is 0 Å². The smallest absolute Gasteiger partial charge is 0.0122 e. The van der Waals surface area contributed by atoms with Crippen molar-refractivity contribution in [2.24, 2.45) is 0 Å². The van der Waals surface area contributed by atoms with Gasteiger partial charge in [0.2, 0.25) is 0 Å². The van der Waals surface area contributed by atoms with Crippen molar-refractivity contribution >= 4 is 23.5 Å². The van der Waals surface area contributed by atoms with E-state index in [1.54, 1.807) is 0 Å². The molecule has 1 aromatic carbocycles. The molecule has 0 amide bonds. The highest BCUT2D eigenvalue weighted by atomic mass is 32.2. The Labute approximate surface area is 95.9 Å². The minimum atomic E-state index is 0.301. The molecular weight excluding hydrogens is 208 g/mol. The lowest BCUT2D eigenvalue weighted by Gasteiger charge is -2.17. The van der Waals surface area contributed by atoms with Crippen LogP contribution in [0.15, 0.2) is 34.1 Å². The number of thioether (sulfide) groups is 2. The molecule has 78 valence electrons. The summed E-state index contributed by atoms with van der Waals surface area (Å²) in [5, 5.41) is 0. The van der Waals surface area contributed by atoms with E-state index in [4.69, 9.17) is 0 Å². The van der Waals surface area contributed by atoms with Gasteiger partial charge in [-0.15, -0.1) is 23.5 Å². The van der Waals surface area contributed by atoms with Crippen LogP contribution >= 0.6 is 23.5 Å². The van der Waals surface area contributed by atoms with E-state index in [0.29, 0.717) is 4.75 Å². The maximum Gasteiger partial charge on any atom is 0.0122 e. The zero-order valence-corrected chi connectivity index (χ0v) is 11.0. The van der Waals surface area contributed by atoms with Crippen molar-refractivity contribution < 1.29 is 0 Å². The molecule has 0 saturated heterocycles. The van der Waals surface area contributed by atoms with Crippen LogP contribution in [0.5, 0.6) is 0 Å². The summed E-state index contributed by atoms with van der Waals surface area (Å²) >= 11 is 3.83. The Kier molecular flexibility index (Phi) is 4.39. The Morgan fingerprint density at radius 1 is 1.14 bits per heavy atom. The molecule has 1 rings (SSSR count). The molecule has 0 radical (unpaired) electrons. The van der Waals surface area contributed by atoms with Gasteiger partial charge in [-0.2, -0.15) is 0 Å². The van der Waals surface area contributed by atoms with Gasteiger partial charge in [0.05, 0.1) is 0 Å². The summed E-state index contributed by atoms with van der Waals surface area (Å²) in [5.41, 5.74) is 0. The van der Waals surface area contributed by atoms with Crippen LogP contribution in [0.2, 0.25) is 0 Å². The Balaban J connectivity index is 2.73. The number of hydrogen-bond donors (Lipinski definition) is 0. The maximum absolute atomic E-state index is 2.28. The second-order valence-electron chi connectivity index (χ2n) is 4.12. The van der Waals surface area contributed by atoms with Crippen molar-refractivity contribution in [3.8, 4) is 0 Å². The molecule has 14 heavy (non-hydrogen) atoms. The fraction of sp³-hybridized carbons (Fsp3) is 0.500. The van der Waals surface area contributed by atoms with E-state index in [0.717, 1.165) is 5.75 Å². The predicted octanol–water partition coefficient (Wildman–Crippen LogP) is 4.69. The summed E-state index contributed by atoms with van der Waals surface area (Å²) in [6, 6.07) is 8.80. The first-order valence-corrected chi connectivity index (χ1v) is 6.73. The molecule has 2 heteroatoms. The quantitative estimate of drug-likeness (QED) is 0.686. The standard InChI is InChI=1S/C12H18S2/c1-5-13-10-7-6-8-11(9-10)14-12(2,3)4/h6-9H,5H2,1-4H3. The zero-order chi connectivity index (χ0) is 10.6. The third kappa shape index (κ3) is 4.43. The third-order valence-electron chi connectivity index (χ3n) is 1.54. The SMILES string of the molecule is CCSc1cccc(SC(C)(C)C)c1. The minimum Gasteiger partial charge on any atom is -0.126 e. The van der Waals surface area contributed by atoms with Crippen molar-refractivity contribution in [2.75, 3.05) is 5.75 Å². The number of hydrogen-bond acceptors (Lipinski definition) is 2. The second kappa shape index (κ2) is 5.13. The predicted molar refractivity (Wildman–Crippen MR) is 68.5 cm³/mol. The molecule has 0 aliphatic rings. The van der Waals surface area contributed by atoms with Crippen LogP contribution in [0.4, 0.5) is 0 Å². The summed E-state index contributed by atoms with van der Waals surface area (Å²) < 4.78 is 0.301. The molecule has 1 aromatic rings. The normalized spacial score (nSPS) is 11.7. The fourth-order valence-corrected chi connectivity index (χ4v) is 2.98. The summed E-state index contributed by atoms with van der Waals surface area (Å²) in [5.74, 6) is 1.14. The Morgan fingerprint density at radius 3 is 2.36 bits per heavy atom. The molecule has 0 aromatic heterocycles. The topological polar surface area (TPSA) is 0 Å².